The Labute approximate surface area is 183 Å². The Bertz CT molecular complexity index is 1260. The zero-order chi connectivity index (χ0) is 21.6. The van der Waals surface area contributed by atoms with Gasteiger partial charge in [-0.15, -0.1) is 0 Å². The number of benzene rings is 2. The molecule has 3 aromatic rings. The third kappa shape index (κ3) is 2.72. The van der Waals surface area contributed by atoms with E-state index in [-0.39, 0.29) is 32.8 Å². The maximum atomic E-state index is 13.4. The molecule has 154 valence electrons. The van der Waals surface area contributed by atoms with Crippen molar-refractivity contribution in [3.63, 3.8) is 0 Å². The normalized spacial score (nSPS) is 15.5. The number of halogens is 1. The minimum absolute atomic E-state index is 0.103. The number of rotatable bonds is 4. The van der Waals surface area contributed by atoms with Crippen LogP contribution in [-0.4, -0.2) is 10.9 Å². The van der Waals surface area contributed by atoms with E-state index in [1.807, 2.05) is 63.2 Å². The molecule has 1 heterocycles. The van der Waals surface area contributed by atoms with Crippen LogP contribution in [0.15, 0.2) is 61.7 Å². The first-order chi connectivity index (χ1) is 14.4. The number of hydrogen-bond acceptors (Lipinski definition) is 4. The number of fused-ring (bicyclic) bond motifs is 2. The van der Waals surface area contributed by atoms with E-state index in [0.717, 1.165) is 16.3 Å². The standard InChI is InChI=1S/C25H23BrO4/c1-4-15-20(27)18-21(28)19(26)22(30-24(18)25(5-2,6-3)23(15)29)17-13-9-11-14-10-7-8-12-16(14)17/h7-13,27H,4-6H2,1-3H3. The van der Waals surface area contributed by atoms with Gasteiger partial charge in [-0.25, -0.2) is 0 Å². The van der Waals surface area contributed by atoms with Gasteiger partial charge in [-0.1, -0.05) is 63.2 Å². The Balaban J connectivity index is 2.14. The van der Waals surface area contributed by atoms with E-state index < -0.39 is 5.41 Å². The molecule has 2 aromatic carbocycles. The predicted octanol–water partition coefficient (Wildman–Crippen LogP) is 6.54. The fourth-order valence-electron chi connectivity index (χ4n) is 4.53. The van der Waals surface area contributed by atoms with E-state index in [4.69, 9.17) is 4.42 Å². The third-order valence-electron chi connectivity index (χ3n) is 6.32. The lowest BCUT2D eigenvalue weighted by molar-refractivity contribution is -0.122. The molecule has 0 radical (unpaired) electrons. The minimum atomic E-state index is -0.966. The molecule has 0 unspecified atom stereocenters. The summed E-state index contributed by atoms with van der Waals surface area (Å²) in [6, 6.07) is 13.7. The molecule has 0 saturated carbocycles. The number of Topliss-reactive ketones (excluding diaryl/α,β-unsaturated/α-hetero) is 1. The monoisotopic (exact) mass is 466 g/mol. The highest BCUT2D eigenvalue weighted by atomic mass is 79.9. The van der Waals surface area contributed by atoms with E-state index in [1.165, 1.54) is 0 Å². The van der Waals surface area contributed by atoms with Crippen molar-refractivity contribution in [2.24, 2.45) is 0 Å². The number of hydrogen-bond donors (Lipinski definition) is 1. The first kappa shape index (κ1) is 20.6. The summed E-state index contributed by atoms with van der Waals surface area (Å²) in [5.74, 6) is 0.231. The average Bonchev–Trinajstić information content (AvgIpc) is 2.77. The van der Waals surface area contributed by atoms with Gasteiger partial charge in [-0.3, -0.25) is 9.59 Å². The lowest BCUT2D eigenvalue weighted by Crippen LogP contribution is -2.41. The van der Waals surface area contributed by atoms with E-state index in [2.05, 4.69) is 15.9 Å². The Morgan fingerprint density at radius 2 is 1.67 bits per heavy atom. The SMILES string of the molecule is CCC1=C(O)c2c(oc(-c3cccc4ccccc34)c(Br)c2=O)C(CC)(CC)C1=O. The van der Waals surface area contributed by atoms with Crippen LogP contribution < -0.4 is 5.43 Å². The zero-order valence-corrected chi connectivity index (χ0v) is 18.8. The summed E-state index contributed by atoms with van der Waals surface area (Å²) in [7, 11) is 0. The minimum Gasteiger partial charge on any atom is -0.507 e. The van der Waals surface area contributed by atoms with Gasteiger partial charge in [-0.05, 0) is 46.0 Å². The fraction of sp³-hybridized carbons (Fsp3) is 0.280. The summed E-state index contributed by atoms with van der Waals surface area (Å²) in [5.41, 5.74) is -0.166. The number of carbonyl (C=O) groups is 1. The van der Waals surface area contributed by atoms with Gasteiger partial charge in [0.1, 0.15) is 21.6 Å². The average molecular weight is 467 g/mol. The predicted molar refractivity (Wildman–Crippen MR) is 123 cm³/mol. The highest BCUT2D eigenvalue weighted by Gasteiger charge is 2.48. The molecule has 5 heteroatoms. The van der Waals surface area contributed by atoms with E-state index in [0.29, 0.717) is 30.6 Å². The second-order valence-corrected chi connectivity index (χ2v) is 8.40. The molecule has 0 spiro atoms. The van der Waals surface area contributed by atoms with Crippen LogP contribution in [-0.2, 0) is 10.2 Å². The van der Waals surface area contributed by atoms with Crippen molar-refractivity contribution in [1.29, 1.82) is 0 Å². The molecule has 1 N–H and O–H groups in total. The highest BCUT2D eigenvalue weighted by molar-refractivity contribution is 9.10. The maximum Gasteiger partial charge on any atom is 0.210 e. The number of ketones is 1. The molecule has 1 aromatic heterocycles. The Morgan fingerprint density at radius 1 is 1.00 bits per heavy atom. The summed E-state index contributed by atoms with van der Waals surface area (Å²) < 4.78 is 6.62. The fourth-order valence-corrected chi connectivity index (χ4v) is 5.03. The molecule has 0 saturated heterocycles. The van der Waals surface area contributed by atoms with Crippen molar-refractivity contribution in [3.05, 3.63) is 74.1 Å². The van der Waals surface area contributed by atoms with Gasteiger partial charge in [-0.2, -0.15) is 0 Å². The Hall–Kier alpha value is -2.66. The first-order valence-electron chi connectivity index (χ1n) is 10.2. The van der Waals surface area contributed by atoms with Crippen LogP contribution in [0.5, 0.6) is 0 Å². The molecule has 30 heavy (non-hydrogen) atoms. The second-order valence-electron chi connectivity index (χ2n) is 7.60. The molecular weight excluding hydrogens is 444 g/mol. The topological polar surface area (TPSA) is 67.5 Å². The van der Waals surface area contributed by atoms with E-state index >= 15 is 0 Å². The lowest BCUT2D eigenvalue weighted by atomic mass is 9.68. The van der Waals surface area contributed by atoms with Gasteiger partial charge in [0.05, 0.1) is 5.41 Å². The maximum absolute atomic E-state index is 13.4. The number of allylic oxidation sites excluding steroid dienone is 1. The summed E-state index contributed by atoms with van der Waals surface area (Å²) in [6.45, 7) is 5.65. The molecule has 0 aliphatic heterocycles. The quantitative estimate of drug-likeness (QED) is 0.473. The molecule has 0 atom stereocenters. The number of carbonyl (C=O) groups excluding carboxylic acids is 1. The van der Waals surface area contributed by atoms with E-state index in [1.54, 1.807) is 0 Å². The van der Waals surface area contributed by atoms with E-state index in [9.17, 15) is 14.7 Å². The van der Waals surface area contributed by atoms with Crippen LogP contribution in [0.25, 0.3) is 27.9 Å². The molecule has 0 amide bonds. The summed E-state index contributed by atoms with van der Waals surface area (Å²) >= 11 is 3.42. The van der Waals surface area contributed by atoms with Crippen LogP contribution >= 0.6 is 15.9 Å². The van der Waals surface area contributed by atoms with Crippen LogP contribution in [0.4, 0.5) is 0 Å². The molecule has 0 fully saturated rings. The van der Waals surface area contributed by atoms with Gasteiger partial charge in [0, 0.05) is 11.1 Å². The van der Waals surface area contributed by atoms with Crippen LogP contribution in [0.2, 0.25) is 0 Å². The molecule has 4 rings (SSSR count). The largest absolute Gasteiger partial charge is 0.507 e. The molecule has 1 aliphatic rings. The number of aliphatic hydroxyl groups is 1. The zero-order valence-electron chi connectivity index (χ0n) is 17.2. The van der Waals surface area contributed by atoms with Gasteiger partial charge >= 0.3 is 0 Å². The molecule has 1 aliphatic carbocycles. The molecular formula is C25H23BrO4. The second kappa shape index (κ2) is 7.55. The highest BCUT2D eigenvalue weighted by Crippen LogP contribution is 2.46. The Morgan fingerprint density at radius 3 is 2.33 bits per heavy atom. The summed E-state index contributed by atoms with van der Waals surface area (Å²) in [5, 5.41) is 12.8. The van der Waals surface area contributed by atoms with Crippen molar-refractivity contribution < 1.29 is 14.3 Å². The Kier molecular flexibility index (Phi) is 5.18. The summed E-state index contributed by atoms with van der Waals surface area (Å²) in [4.78, 5) is 26.8. The third-order valence-corrected chi connectivity index (χ3v) is 7.04. The van der Waals surface area contributed by atoms with Crippen molar-refractivity contribution in [2.75, 3.05) is 0 Å². The molecule has 0 bridgehead atoms. The van der Waals surface area contributed by atoms with Crippen molar-refractivity contribution in [3.8, 4) is 11.3 Å². The summed E-state index contributed by atoms with van der Waals surface area (Å²) in [6.07, 6.45) is 1.31. The lowest BCUT2D eigenvalue weighted by Gasteiger charge is -2.35. The first-order valence-corrected chi connectivity index (χ1v) is 11.0. The van der Waals surface area contributed by atoms with Gasteiger partial charge < -0.3 is 9.52 Å². The van der Waals surface area contributed by atoms with Crippen molar-refractivity contribution in [1.82, 2.24) is 0 Å². The van der Waals surface area contributed by atoms with Crippen LogP contribution in [0.3, 0.4) is 0 Å². The van der Waals surface area contributed by atoms with Gasteiger partial charge in [0.15, 0.2) is 11.5 Å². The van der Waals surface area contributed by atoms with Crippen molar-refractivity contribution >= 4 is 38.2 Å². The van der Waals surface area contributed by atoms with Crippen LogP contribution in [0, 0.1) is 0 Å². The van der Waals surface area contributed by atoms with Crippen molar-refractivity contribution in [2.45, 2.75) is 45.4 Å². The van der Waals surface area contributed by atoms with Gasteiger partial charge in [0.25, 0.3) is 0 Å². The number of aliphatic hydroxyl groups excluding tert-OH is 1. The molecule has 4 nitrogen and oxygen atoms in total. The van der Waals surface area contributed by atoms with Gasteiger partial charge in [0.2, 0.25) is 5.43 Å². The van der Waals surface area contributed by atoms with Crippen LogP contribution in [0.1, 0.15) is 51.4 Å². The smallest absolute Gasteiger partial charge is 0.210 e.